The number of primary amides is 1. The summed E-state index contributed by atoms with van der Waals surface area (Å²) >= 11 is 0. The Balaban J connectivity index is 2.53. The summed E-state index contributed by atoms with van der Waals surface area (Å²) < 4.78 is 5.27. The molecule has 2 unspecified atom stereocenters. The summed E-state index contributed by atoms with van der Waals surface area (Å²) in [6, 6.07) is 9.03. The van der Waals surface area contributed by atoms with Gasteiger partial charge in [-0.3, -0.25) is 14.4 Å². The molecule has 10 heteroatoms. The van der Waals surface area contributed by atoms with E-state index in [2.05, 4.69) is 10.6 Å². The zero-order valence-corrected chi connectivity index (χ0v) is 22.8. The number of rotatable bonds is 10. The van der Waals surface area contributed by atoms with Crippen molar-refractivity contribution in [3.63, 3.8) is 0 Å². The summed E-state index contributed by atoms with van der Waals surface area (Å²) in [5.41, 5.74) is 7.29. The summed E-state index contributed by atoms with van der Waals surface area (Å²) in [7, 11) is 0. The highest BCUT2D eigenvalue weighted by molar-refractivity contribution is 6.00. The van der Waals surface area contributed by atoms with Crippen LogP contribution in [0.4, 0.5) is 10.5 Å². The van der Waals surface area contributed by atoms with Gasteiger partial charge in [-0.15, -0.1) is 0 Å². The van der Waals surface area contributed by atoms with Gasteiger partial charge in [0.2, 0.25) is 11.8 Å². The second kappa shape index (κ2) is 12.9. The number of anilines is 1. The number of nitrogens with zero attached hydrogens (tertiary/aromatic N) is 1. The van der Waals surface area contributed by atoms with Crippen LogP contribution in [-0.4, -0.2) is 52.0 Å². The molecule has 2 atom stereocenters. The molecule has 0 spiro atoms. The van der Waals surface area contributed by atoms with Crippen molar-refractivity contribution >= 4 is 29.5 Å². The molecular weight excluding hydrogens is 488 g/mol. The van der Waals surface area contributed by atoms with Gasteiger partial charge in [-0.2, -0.15) is 0 Å². The van der Waals surface area contributed by atoms with Gasteiger partial charge in [0.05, 0.1) is 6.42 Å². The summed E-state index contributed by atoms with van der Waals surface area (Å²) in [4.78, 5) is 53.3. The molecule has 0 bridgehead atoms. The lowest BCUT2D eigenvalue weighted by Gasteiger charge is -2.34. The van der Waals surface area contributed by atoms with E-state index < -0.39 is 47.9 Å². The van der Waals surface area contributed by atoms with Crippen LogP contribution >= 0.6 is 0 Å². The third-order valence-corrected chi connectivity index (χ3v) is 5.64. The second-order valence-electron chi connectivity index (χ2n) is 10.2. The van der Waals surface area contributed by atoms with E-state index in [0.29, 0.717) is 17.7 Å². The summed E-state index contributed by atoms with van der Waals surface area (Å²) in [5, 5.41) is 15.2. The number of phenolic OH excluding ortho intramolecular Hbond substituents is 1. The number of nitrogens with one attached hydrogen (secondary N) is 2. The van der Waals surface area contributed by atoms with E-state index in [-0.39, 0.29) is 12.3 Å². The van der Waals surface area contributed by atoms with Gasteiger partial charge in [-0.1, -0.05) is 37.3 Å². The summed E-state index contributed by atoms with van der Waals surface area (Å²) in [6.45, 7) is 10.7. The number of hydrogen-bond donors (Lipinski definition) is 4. The Morgan fingerprint density at radius 1 is 1.03 bits per heavy atom. The largest absolute Gasteiger partial charge is 0.508 e. The molecule has 4 amide bonds. The first-order valence-corrected chi connectivity index (χ1v) is 12.5. The highest BCUT2D eigenvalue weighted by atomic mass is 16.6. The predicted octanol–water partition coefficient (Wildman–Crippen LogP) is 3.70. The molecule has 2 rings (SSSR count). The molecule has 0 aliphatic rings. The van der Waals surface area contributed by atoms with Gasteiger partial charge in [0.1, 0.15) is 23.4 Å². The highest BCUT2D eigenvalue weighted by Crippen LogP contribution is 2.28. The molecule has 0 fully saturated rings. The topological polar surface area (TPSA) is 151 Å². The van der Waals surface area contributed by atoms with Gasteiger partial charge < -0.3 is 31.1 Å². The van der Waals surface area contributed by atoms with Gasteiger partial charge in [-0.25, -0.2) is 4.79 Å². The van der Waals surface area contributed by atoms with E-state index in [1.165, 1.54) is 17.0 Å². The van der Waals surface area contributed by atoms with E-state index in [4.69, 9.17) is 10.5 Å². The molecule has 10 nitrogen and oxygen atoms in total. The van der Waals surface area contributed by atoms with E-state index in [0.717, 1.165) is 11.1 Å². The molecule has 0 aliphatic carbocycles. The van der Waals surface area contributed by atoms with Crippen LogP contribution in [0, 0.1) is 13.8 Å². The smallest absolute Gasteiger partial charge is 0.408 e. The van der Waals surface area contributed by atoms with Crippen LogP contribution in [0.3, 0.4) is 0 Å². The van der Waals surface area contributed by atoms with E-state index in [9.17, 15) is 24.3 Å². The lowest BCUT2D eigenvalue weighted by molar-refractivity contribution is -0.141. The number of aromatic hydroxyl groups is 1. The summed E-state index contributed by atoms with van der Waals surface area (Å²) in [6.07, 6.45) is -0.902. The maximum atomic E-state index is 13.9. The first-order chi connectivity index (χ1) is 17.7. The minimum Gasteiger partial charge on any atom is -0.508 e. The number of amides is 4. The van der Waals surface area contributed by atoms with Crippen molar-refractivity contribution in [2.24, 2.45) is 5.73 Å². The molecule has 0 radical (unpaired) electrons. The minimum absolute atomic E-state index is 0.00535. The molecule has 2 aromatic carbocycles. The second-order valence-corrected chi connectivity index (χ2v) is 10.2. The van der Waals surface area contributed by atoms with Crippen molar-refractivity contribution < 1.29 is 29.0 Å². The Morgan fingerprint density at radius 2 is 1.61 bits per heavy atom. The van der Waals surface area contributed by atoms with Gasteiger partial charge in [0.25, 0.3) is 5.91 Å². The normalized spacial score (nSPS) is 12.7. The highest BCUT2D eigenvalue weighted by Gasteiger charge is 2.37. The Kier molecular flexibility index (Phi) is 10.3. The molecule has 0 saturated heterocycles. The molecule has 2 aromatic rings. The number of nitrogens with two attached hydrogens (primary N) is 1. The molecule has 0 aliphatic heterocycles. The fourth-order valence-corrected chi connectivity index (χ4v) is 3.99. The van der Waals surface area contributed by atoms with Crippen molar-refractivity contribution in [3.05, 3.63) is 59.2 Å². The Bertz CT molecular complexity index is 1140. The molecule has 206 valence electrons. The van der Waals surface area contributed by atoms with E-state index >= 15 is 0 Å². The number of alkyl carbamates (subject to hydrolysis) is 1. The SMILES string of the molecule is CCCN(C(=O)C(CC(N)=O)NC(=O)OC(C)(C)C)C(C(=O)Nc1c(C)cccc1C)c1ccc(O)cc1. The maximum Gasteiger partial charge on any atom is 0.408 e. The number of carbonyl (C=O) groups is 4. The number of phenols is 1. The van der Waals surface area contributed by atoms with Gasteiger partial charge in [0, 0.05) is 12.2 Å². The zero-order chi connectivity index (χ0) is 28.6. The number of ether oxygens (including phenoxy) is 1. The van der Waals surface area contributed by atoms with Crippen molar-refractivity contribution in [2.45, 2.75) is 72.1 Å². The van der Waals surface area contributed by atoms with Crippen LogP contribution < -0.4 is 16.4 Å². The zero-order valence-electron chi connectivity index (χ0n) is 22.8. The first-order valence-electron chi connectivity index (χ1n) is 12.5. The Labute approximate surface area is 223 Å². The molecule has 0 heterocycles. The average Bonchev–Trinajstić information content (AvgIpc) is 2.80. The van der Waals surface area contributed by atoms with Crippen LogP contribution in [0.5, 0.6) is 5.75 Å². The van der Waals surface area contributed by atoms with Crippen LogP contribution in [0.25, 0.3) is 0 Å². The van der Waals surface area contributed by atoms with E-state index in [1.807, 2.05) is 39.0 Å². The maximum absolute atomic E-state index is 13.9. The van der Waals surface area contributed by atoms with Gasteiger partial charge >= 0.3 is 6.09 Å². The predicted molar refractivity (Wildman–Crippen MR) is 144 cm³/mol. The number of carbonyl (C=O) groups excluding carboxylic acids is 4. The quantitative estimate of drug-likeness (QED) is 0.371. The number of hydrogen-bond acceptors (Lipinski definition) is 6. The van der Waals surface area contributed by atoms with Crippen molar-refractivity contribution in [3.8, 4) is 5.75 Å². The molecular formula is C28H38N4O6. The fourth-order valence-electron chi connectivity index (χ4n) is 3.99. The van der Waals surface area contributed by atoms with Gasteiger partial charge in [0.15, 0.2) is 0 Å². The van der Waals surface area contributed by atoms with Crippen LogP contribution in [0.2, 0.25) is 0 Å². The van der Waals surface area contributed by atoms with Crippen molar-refractivity contribution in [2.75, 3.05) is 11.9 Å². The average molecular weight is 527 g/mol. The van der Waals surface area contributed by atoms with Crippen molar-refractivity contribution in [1.82, 2.24) is 10.2 Å². The van der Waals surface area contributed by atoms with Crippen molar-refractivity contribution in [1.29, 1.82) is 0 Å². The molecule has 38 heavy (non-hydrogen) atoms. The summed E-state index contributed by atoms with van der Waals surface area (Å²) in [5.74, 6) is -1.98. The van der Waals surface area contributed by atoms with Crippen LogP contribution in [0.1, 0.15) is 63.3 Å². The fraction of sp³-hybridized carbons (Fsp3) is 0.429. The third kappa shape index (κ3) is 8.50. The van der Waals surface area contributed by atoms with Gasteiger partial charge in [-0.05, 0) is 69.9 Å². The monoisotopic (exact) mass is 526 g/mol. The minimum atomic E-state index is -1.36. The number of benzene rings is 2. The Hall–Kier alpha value is -4.08. The lowest BCUT2D eigenvalue weighted by atomic mass is 10.0. The first kappa shape index (κ1) is 30.1. The van der Waals surface area contributed by atoms with Crippen LogP contribution in [-0.2, 0) is 19.1 Å². The molecule has 0 saturated carbocycles. The number of aryl methyl sites for hydroxylation is 2. The lowest BCUT2D eigenvalue weighted by Crippen LogP contribution is -2.53. The molecule has 0 aromatic heterocycles. The number of para-hydroxylation sites is 1. The Morgan fingerprint density at radius 3 is 2.11 bits per heavy atom. The molecule has 5 N–H and O–H groups in total. The van der Waals surface area contributed by atoms with E-state index in [1.54, 1.807) is 32.9 Å². The third-order valence-electron chi connectivity index (χ3n) is 5.64. The van der Waals surface area contributed by atoms with Crippen LogP contribution in [0.15, 0.2) is 42.5 Å². The standard InChI is InChI=1S/C28H38N4O6/c1-7-15-32(26(36)21(16-22(29)34)30-27(37)38-28(4,5)6)24(19-11-13-20(33)14-12-19)25(35)31-23-17(2)9-8-10-18(23)3/h8-14,21,24,33H,7,15-16H2,1-6H3,(H2,29,34)(H,30,37)(H,31,35).